The van der Waals surface area contributed by atoms with Crippen LogP contribution in [0.15, 0.2) is 102 Å². The van der Waals surface area contributed by atoms with Crippen molar-refractivity contribution < 1.29 is 0 Å². The highest BCUT2D eigenvalue weighted by molar-refractivity contribution is 7.98. The summed E-state index contributed by atoms with van der Waals surface area (Å²) in [6.45, 7) is 0. The minimum atomic E-state index is -1.76. The lowest BCUT2D eigenvalue weighted by Gasteiger charge is -2.25. The molecule has 0 bridgehead atoms. The molecular weight excluding hydrogens is 319 g/mol. The van der Waals surface area contributed by atoms with Crippen molar-refractivity contribution in [1.29, 1.82) is 0 Å². The van der Waals surface area contributed by atoms with Crippen LogP contribution < -0.4 is 15.9 Å². The monoisotopic (exact) mass is 343 g/mol. The van der Waals surface area contributed by atoms with Crippen molar-refractivity contribution in [3.63, 3.8) is 0 Å². The zero-order valence-corrected chi connectivity index (χ0v) is 15.4. The van der Waals surface area contributed by atoms with Gasteiger partial charge in [0.15, 0.2) is 0 Å². The van der Waals surface area contributed by atoms with Crippen LogP contribution >= 0.6 is 7.26 Å². The van der Waals surface area contributed by atoms with Crippen molar-refractivity contribution >= 4 is 23.2 Å². The molecule has 25 heavy (non-hydrogen) atoms. The van der Waals surface area contributed by atoms with Gasteiger partial charge in [-0.3, -0.25) is 0 Å². The van der Waals surface area contributed by atoms with E-state index in [-0.39, 0.29) is 0 Å². The van der Waals surface area contributed by atoms with Crippen LogP contribution in [0.1, 0.15) is 25.7 Å². The van der Waals surface area contributed by atoms with E-state index in [9.17, 15) is 0 Å². The molecule has 0 nitrogen and oxygen atoms in total. The minimum absolute atomic E-state index is 1.26. The van der Waals surface area contributed by atoms with Crippen molar-refractivity contribution in [2.45, 2.75) is 25.7 Å². The smallest absolute Gasteiger partial charge is 0.0620 e. The Morgan fingerprint density at radius 2 is 0.880 bits per heavy atom. The van der Waals surface area contributed by atoms with E-state index in [0.29, 0.717) is 0 Å². The maximum absolute atomic E-state index is 2.67. The molecule has 1 saturated carbocycles. The summed E-state index contributed by atoms with van der Waals surface area (Å²) >= 11 is 0. The molecule has 0 heterocycles. The Kier molecular flexibility index (Phi) is 4.81. The van der Waals surface area contributed by atoms with Gasteiger partial charge in [-0.15, -0.1) is 0 Å². The van der Waals surface area contributed by atoms with Gasteiger partial charge in [-0.2, -0.15) is 0 Å². The summed E-state index contributed by atoms with van der Waals surface area (Å²) < 4.78 is 0. The standard InChI is InChI=1S/C24H24P/c1-4-14-22(15-5-1)25(20-21-12-10-11-13-21,23-16-6-2-7-17-23)24-18-8-3-9-19-24/h1-9,14-20H,10-13H2/q+1. The van der Waals surface area contributed by atoms with Gasteiger partial charge in [0.25, 0.3) is 0 Å². The molecule has 0 saturated heterocycles. The number of benzene rings is 3. The fraction of sp³-hybridized carbons (Fsp3) is 0.167. The Morgan fingerprint density at radius 3 is 1.24 bits per heavy atom. The van der Waals surface area contributed by atoms with Gasteiger partial charge in [0.1, 0.15) is 23.2 Å². The summed E-state index contributed by atoms with van der Waals surface area (Å²) in [6, 6.07) is 33.4. The normalized spacial score (nSPS) is 14.5. The highest BCUT2D eigenvalue weighted by atomic mass is 31.2. The Morgan fingerprint density at radius 1 is 0.520 bits per heavy atom. The third-order valence-electron chi connectivity index (χ3n) is 5.11. The first-order valence-corrected chi connectivity index (χ1v) is 11.0. The topological polar surface area (TPSA) is 0 Å². The number of hydrogen-bond acceptors (Lipinski definition) is 0. The first kappa shape index (κ1) is 16.3. The molecule has 1 aliphatic carbocycles. The fourth-order valence-corrected chi connectivity index (χ4v) is 7.97. The average Bonchev–Trinajstić information content (AvgIpc) is 3.21. The van der Waals surface area contributed by atoms with Crippen LogP contribution in [0.3, 0.4) is 0 Å². The van der Waals surface area contributed by atoms with Crippen LogP contribution in [0.5, 0.6) is 0 Å². The van der Waals surface area contributed by atoms with Crippen molar-refractivity contribution in [3.05, 3.63) is 102 Å². The molecule has 0 radical (unpaired) electrons. The second-order valence-electron chi connectivity index (χ2n) is 6.72. The Bertz CT molecular complexity index is 730. The van der Waals surface area contributed by atoms with E-state index >= 15 is 0 Å². The molecule has 1 fully saturated rings. The maximum Gasteiger partial charge on any atom is 0.136 e. The summed E-state index contributed by atoms with van der Waals surface area (Å²) in [5.74, 6) is 2.67. The van der Waals surface area contributed by atoms with Gasteiger partial charge in [-0.1, -0.05) is 54.6 Å². The Hall–Kier alpha value is -2.17. The third-order valence-corrected chi connectivity index (χ3v) is 9.20. The van der Waals surface area contributed by atoms with Gasteiger partial charge in [-0.25, -0.2) is 0 Å². The molecule has 0 N–H and O–H groups in total. The second-order valence-corrected chi connectivity index (χ2v) is 9.98. The number of hydrogen-bond donors (Lipinski definition) is 0. The van der Waals surface area contributed by atoms with Gasteiger partial charge in [0.2, 0.25) is 0 Å². The lowest BCUT2D eigenvalue weighted by Crippen LogP contribution is -2.29. The molecule has 124 valence electrons. The largest absolute Gasteiger partial charge is 0.136 e. The van der Waals surface area contributed by atoms with Crippen molar-refractivity contribution in [3.8, 4) is 0 Å². The summed E-state index contributed by atoms with van der Waals surface area (Å²) in [5, 5.41) is 4.35. The average molecular weight is 343 g/mol. The van der Waals surface area contributed by atoms with Gasteiger partial charge >= 0.3 is 0 Å². The Labute approximate surface area is 151 Å². The third kappa shape index (κ3) is 3.20. The highest BCUT2D eigenvalue weighted by Crippen LogP contribution is 2.58. The summed E-state index contributed by atoms with van der Waals surface area (Å²) in [5.41, 5.74) is 1.64. The molecule has 3 aromatic carbocycles. The summed E-state index contributed by atoms with van der Waals surface area (Å²) in [7, 11) is -1.76. The van der Waals surface area contributed by atoms with Gasteiger partial charge in [0.05, 0.1) is 5.82 Å². The predicted octanol–water partition coefficient (Wildman–Crippen LogP) is 5.44. The summed E-state index contributed by atoms with van der Waals surface area (Å²) in [6.07, 6.45) is 5.19. The first-order valence-electron chi connectivity index (χ1n) is 9.16. The van der Waals surface area contributed by atoms with E-state index in [4.69, 9.17) is 0 Å². The summed E-state index contributed by atoms with van der Waals surface area (Å²) in [4.78, 5) is 0. The van der Waals surface area contributed by atoms with Crippen LogP contribution in [0.25, 0.3) is 0 Å². The van der Waals surface area contributed by atoms with Crippen LogP contribution in [0.2, 0.25) is 0 Å². The van der Waals surface area contributed by atoms with Gasteiger partial charge in [0, 0.05) is 0 Å². The molecule has 0 unspecified atom stereocenters. The minimum Gasteiger partial charge on any atom is -0.0620 e. The molecule has 1 aliphatic rings. The number of rotatable bonds is 4. The molecule has 3 aromatic rings. The van der Waals surface area contributed by atoms with Gasteiger partial charge in [-0.05, 0) is 67.7 Å². The van der Waals surface area contributed by atoms with Crippen molar-refractivity contribution in [2.24, 2.45) is 0 Å². The zero-order valence-electron chi connectivity index (χ0n) is 14.5. The van der Waals surface area contributed by atoms with E-state index < -0.39 is 7.26 Å². The SMILES string of the molecule is C(=C1CCCC1)[P+](c1ccccc1)(c1ccccc1)c1ccccc1. The molecule has 0 amide bonds. The predicted molar refractivity (Wildman–Crippen MR) is 112 cm³/mol. The van der Waals surface area contributed by atoms with Crippen LogP contribution in [-0.2, 0) is 0 Å². The van der Waals surface area contributed by atoms with Crippen LogP contribution in [0, 0.1) is 0 Å². The molecule has 0 spiro atoms. The number of allylic oxidation sites excluding steroid dienone is 1. The Balaban J connectivity index is 2.03. The van der Waals surface area contributed by atoms with Crippen LogP contribution in [0.4, 0.5) is 0 Å². The molecule has 0 atom stereocenters. The van der Waals surface area contributed by atoms with E-state index in [1.54, 1.807) is 5.57 Å². The molecule has 4 rings (SSSR count). The van der Waals surface area contributed by atoms with E-state index in [1.807, 2.05) is 0 Å². The molecule has 0 aromatic heterocycles. The molecule has 1 heteroatoms. The van der Waals surface area contributed by atoms with E-state index in [2.05, 4.69) is 96.8 Å². The first-order chi connectivity index (χ1) is 12.4. The van der Waals surface area contributed by atoms with E-state index in [1.165, 1.54) is 41.6 Å². The second kappa shape index (κ2) is 7.38. The van der Waals surface area contributed by atoms with Crippen LogP contribution in [-0.4, -0.2) is 0 Å². The maximum atomic E-state index is 2.67. The highest BCUT2D eigenvalue weighted by Gasteiger charge is 2.44. The van der Waals surface area contributed by atoms with E-state index in [0.717, 1.165) is 0 Å². The molecular formula is C24H24P+. The lowest BCUT2D eigenvalue weighted by atomic mass is 10.3. The van der Waals surface area contributed by atoms with Gasteiger partial charge < -0.3 is 0 Å². The lowest BCUT2D eigenvalue weighted by molar-refractivity contribution is 0.886. The zero-order chi connectivity index (χ0) is 17.0. The fourth-order valence-electron chi connectivity index (χ4n) is 3.89. The van der Waals surface area contributed by atoms with Crippen molar-refractivity contribution in [1.82, 2.24) is 0 Å². The van der Waals surface area contributed by atoms with Crippen molar-refractivity contribution in [2.75, 3.05) is 0 Å². The quantitative estimate of drug-likeness (QED) is 0.554. The molecule has 0 aliphatic heterocycles.